The van der Waals surface area contributed by atoms with Crippen molar-refractivity contribution in [1.82, 2.24) is 0 Å². The van der Waals surface area contributed by atoms with Gasteiger partial charge in [0.1, 0.15) is 5.75 Å². The summed E-state index contributed by atoms with van der Waals surface area (Å²) < 4.78 is 11.9. The summed E-state index contributed by atoms with van der Waals surface area (Å²) in [6.45, 7) is 2.92. The molecule has 0 spiro atoms. The average molecular weight is 335 g/mol. The van der Waals surface area contributed by atoms with E-state index in [1.807, 2.05) is 6.07 Å². The van der Waals surface area contributed by atoms with Gasteiger partial charge in [-0.1, -0.05) is 18.5 Å². The summed E-state index contributed by atoms with van der Waals surface area (Å²) in [5.74, 6) is 1.18. The van der Waals surface area contributed by atoms with Gasteiger partial charge in [0.25, 0.3) is 0 Å². The molecule has 1 fully saturated rings. The van der Waals surface area contributed by atoms with Gasteiger partial charge in [-0.3, -0.25) is 0 Å². The van der Waals surface area contributed by atoms with Crippen LogP contribution in [0.4, 0.5) is 0 Å². The summed E-state index contributed by atoms with van der Waals surface area (Å²) in [6.07, 6.45) is 1.06. The molecule has 0 bridgehead atoms. The molecule has 1 aliphatic heterocycles. The van der Waals surface area contributed by atoms with Crippen molar-refractivity contribution in [2.24, 2.45) is 11.7 Å². The molecule has 1 aliphatic rings. The summed E-state index contributed by atoms with van der Waals surface area (Å²) in [5, 5.41) is 0.638. The normalized spacial score (nSPS) is 25.2. The Morgan fingerprint density at radius 3 is 2.83 bits per heavy atom. The van der Waals surface area contributed by atoms with Crippen LogP contribution in [0.15, 0.2) is 16.6 Å². The summed E-state index contributed by atoms with van der Waals surface area (Å²) >= 11 is 9.53. The molecule has 5 heteroatoms. The van der Waals surface area contributed by atoms with E-state index in [9.17, 15) is 0 Å². The zero-order valence-electron chi connectivity index (χ0n) is 10.5. The number of hydrogen-bond acceptors (Lipinski definition) is 3. The molecule has 0 aromatic heterocycles. The molecule has 18 heavy (non-hydrogen) atoms. The van der Waals surface area contributed by atoms with Crippen molar-refractivity contribution in [2.75, 3.05) is 13.7 Å². The van der Waals surface area contributed by atoms with E-state index in [0.717, 1.165) is 28.8 Å². The van der Waals surface area contributed by atoms with E-state index in [1.165, 1.54) is 0 Å². The predicted molar refractivity (Wildman–Crippen MR) is 76.2 cm³/mol. The molecule has 1 heterocycles. The Bertz CT molecular complexity index is 441. The number of benzene rings is 1. The maximum absolute atomic E-state index is 6.32. The molecular formula is C13H17BrClNO2. The van der Waals surface area contributed by atoms with Gasteiger partial charge in [-0.2, -0.15) is 0 Å². The molecule has 0 amide bonds. The van der Waals surface area contributed by atoms with Gasteiger partial charge in [-0.05, 0) is 40.4 Å². The summed E-state index contributed by atoms with van der Waals surface area (Å²) in [4.78, 5) is 0. The lowest BCUT2D eigenvalue weighted by molar-refractivity contribution is 0.0717. The van der Waals surface area contributed by atoms with E-state index in [-0.39, 0.29) is 12.1 Å². The maximum Gasteiger partial charge on any atom is 0.138 e. The SMILES string of the molecule is COc1c(Br)cc(Cl)cc1C(N)C1OCCC1C. The van der Waals surface area contributed by atoms with Crippen LogP contribution in [0, 0.1) is 5.92 Å². The van der Waals surface area contributed by atoms with E-state index in [0.29, 0.717) is 10.9 Å². The van der Waals surface area contributed by atoms with Crippen molar-refractivity contribution < 1.29 is 9.47 Å². The van der Waals surface area contributed by atoms with Crippen LogP contribution in [0.2, 0.25) is 5.02 Å². The molecule has 0 radical (unpaired) electrons. The quantitative estimate of drug-likeness (QED) is 0.919. The number of methoxy groups -OCH3 is 1. The van der Waals surface area contributed by atoms with Crippen LogP contribution >= 0.6 is 27.5 Å². The van der Waals surface area contributed by atoms with Gasteiger partial charge < -0.3 is 15.2 Å². The molecule has 1 aromatic rings. The topological polar surface area (TPSA) is 44.5 Å². The van der Waals surface area contributed by atoms with E-state index >= 15 is 0 Å². The third-order valence-corrected chi connectivity index (χ3v) is 4.21. The highest BCUT2D eigenvalue weighted by Gasteiger charge is 2.32. The Hall–Kier alpha value is -0.290. The second kappa shape index (κ2) is 5.78. The fourth-order valence-electron chi connectivity index (χ4n) is 2.40. The molecule has 1 saturated heterocycles. The van der Waals surface area contributed by atoms with E-state index in [1.54, 1.807) is 13.2 Å². The van der Waals surface area contributed by atoms with Crippen LogP contribution in [0.5, 0.6) is 5.75 Å². The molecule has 3 unspecified atom stereocenters. The predicted octanol–water partition coefficient (Wildman–Crippen LogP) is 3.54. The molecule has 0 aliphatic carbocycles. The molecule has 100 valence electrons. The number of rotatable bonds is 3. The first-order valence-electron chi connectivity index (χ1n) is 5.94. The monoisotopic (exact) mass is 333 g/mol. The fraction of sp³-hybridized carbons (Fsp3) is 0.538. The number of ether oxygens (including phenoxy) is 2. The first-order chi connectivity index (χ1) is 8.54. The molecule has 1 aromatic carbocycles. The minimum atomic E-state index is -0.229. The van der Waals surface area contributed by atoms with Crippen LogP contribution in [-0.4, -0.2) is 19.8 Å². The molecule has 0 saturated carbocycles. The number of halogens is 2. The first-order valence-corrected chi connectivity index (χ1v) is 7.11. The molecular weight excluding hydrogens is 318 g/mol. The average Bonchev–Trinajstić information content (AvgIpc) is 2.73. The van der Waals surface area contributed by atoms with Crippen molar-refractivity contribution in [3.63, 3.8) is 0 Å². The number of nitrogens with two attached hydrogens (primary N) is 1. The Kier molecular flexibility index (Phi) is 4.54. The van der Waals surface area contributed by atoms with Gasteiger partial charge in [-0.25, -0.2) is 0 Å². The van der Waals surface area contributed by atoms with Crippen molar-refractivity contribution in [1.29, 1.82) is 0 Å². The fourth-order valence-corrected chi connectivity index (χ4v) is 3.39. The number of hydrogen-bond donors (Lipinski definition) is 1. The summed E-state index contributed by atoms with van der Waals surface area (Å²) in [5.41, 5.74) is 7.21. The molecule has 3 atom stereocenters. The van der Waals surface area contributed by atoms with Crippen LogP contribution in [0.3, 0.4) is 0 Å². The minimum Gasteiger partial charge on any atom is -0.495 e. The Balaban J connectivity index is 2.37. The Morgan fingerprint density at radius 2 is 2.28 bits per heavy atom. The van der Waals surface area contributed by atoms with Crippen LogP contribution in [0.25, 0.3) is 0 Å². The summed E-state index contributed by atoms with van der Waals surface area (Å²) in [6, 6.07) is 3.42. The highest BCUT2D eigenvalue weighted by Crippen LogP contribution is 2.39. The largest absolute Gasteiger partial charge is 0.495 e. The highest BCUT2D eigenvalue weighted by atomic mass is 79.9. The molecule has 2 N–H and O–H groups in total. The second-order valence-corrected chi connectivity index (χ2v) is 5.93. The van der Waals surface area contributed by atoms with Crippen molar-refractivity contribution in [3.8, 4) is 5.75 Å². The van der Waals surface area contributed by atoms with Gasteiger partial charge in [0.05, 0.1) is 23.7 Å². The van der Waals surface area contributed by atoms with Crippen LogP contribution in [0.1, 0.15) is 24.9 Å². The zero-order chi connectivity index (χ0) is 13.3. The smallest absolute Gasteiger partial charge is 0.138 e. The minimum absolute atomic E-state index is 0.0178. The van der Waals surface area contributed by atoms with Crippen molar-refractivity contribution in [3.05, 3.63) is 27.2 Å². The lowest BCUT2D eigenvalue weighted by Crippen LogP contribution is -2.30. The zero-order valence-corrected chi connectivity index (χ0v) is 12.8. The second-order valence-electron chi connectivity index (χ2n) is 4.64. The van der Waals surface area contributed by atoms with E-state index < -0.39 is 0 Å². The summed E-state index contributed by atoms with van der Waals surface area (Å²) in [7, 11) is 1.63. The molecule has 3 nitrogen and oxygen atoms in total. The van der Waals surface area contributed by atoms with Gasteiger partial charge in [0.15, 0.2) is 0 Å². The standard InChI is InChI=1S/C13H17BrClNO2/c1-7-3-4-18-12(7)11(16)9-5-8(15)6-10(14)13(9)17-2/h5-7,11-12H,3-4,16H2,1-2H3. The van der Waals surface area contributed by atoms with Gasteiger partial charge in [0, 0.05) is 17.2 Å². The molecule has 2 rings (SSSR count). The van der Waals surface area contributed by atoms with Gasteiger partial charge >= 0.3 is 0 Å². The van der Waals surface area contributed by atoms with Gasteiger partial charge in [0.2, 0.25) is 0 Å². The Morgan fingerprint density at radius 1 is 1.56 bits per heavy atom. The maximum atomic E-state index is 6.32. The lowest BCUT2D eigenvalue weighted by atomic mass is 9.92. The third kappa shape index (κ3) is 2.67. The first kappa shape index (κ1) is 14.1. The highest BCUT2D eigenvalue weighted by molar-refractivity contribution is 9.10. The van der Waals surface area contributed by atoms with Crippen molar-refractivity contribution in [2.45, 2.75) is 25.5 Å². The van der Waals surface area contributed by atoms with E-state index in [4.69, 9.17) is 26.8 Å². The van der Waals surface area contributed by atoms with E-state index in [2.05, 4.69) is 22.9 Å². The third-order valence-electron chi connectivity index (χ3n) is 3.40. The van der Waals surface area contributed by atoms with Crippen LogP contribution in [-0.2, 0) is 4.74 Å². The van der Waals surface area contributed by atoms with Crippen LogP contribution < -0.4 is 10.5 Å². The Labute approximate surface area is 121 Å². The lowest BCUT2D eigenvalue weighted by Gasteiger charge is -2.25. The van der Waals surface area contributed by atoms with Crippen molar-refractivity contribution >= 4 is 27.5 Å². The van der Waals surface area contributed by atoms with Gasteiger partial charge in [-0.15, -0.1) is 0 Å².